The summed E-state index contributed by atoms with van der Waals surface area (Å²) in [7, 11) is 0. The summed E-state index contributed by atoms with van der Waals surface area (Å²) >= 11 is 0. The largest absolute Gasteiger partial charge is 0.478 e. The van der Waals surface area contributed by atoms with Crippen molar-refractivity contribution in [2.24, 2.45) is 0 Å². The van der Waals surface area contributed by atoms with E-state index >= 15 is 0 Å². The number of nitriles is 1. The number of aromatic carboxylic acids is 1. The van der Waals surface area contributed by atoms with Crippen LogP contribution in [0.1, 0.15) is 21.5 Å². The third kappa shape index (κ3) is 2.24. The lowest BCUT2D eigenvalue weighted by Gasteiger charge is -2.09. The van der Waals surface area contributed by atoms with E-state index in [9.17, 15) is 9.59 Å². The van der Waals surface area contributed by atoms with E-state index in [0.29, 0.717) is 11.3 Å². The van der Waals surface area contributed by atoms with Crippen molar-refractivity contribution in [2.45, 2.75) is 6.92 Å². The quantitative estimate of drug-likeness (QED) is 0.884. The van der Waals surface area contributed by atoms with E-state index in [1.807, 2.05) is 6.07 Å². The van der Waals surface area contributed by atoms with Crippen LogP contribution in [-0.4, -0.2) is 15.6 Å². The molecule has 0 aliphatic rings. The molecular formula is C14H10N2O3. The van der Waals surface area contributed by atoms with Crippen molar-refractivity contribution in [1.82, 2.24) is 4.57 Å². The van der Waals surface area contributed by atoms with Gasteiger partial charge in [-0.2, -0.15) is 5.26 Å². The first-order valence-corrected chi connectivity index (χ1v) is 5.50. The Labute approximate surface area is 109 Å². The van der Waals surface area contributed by atoms with E-state index in [0.717, 1.165) is 5.56 Å². The number of carbonyl (C=O) groups is 1. The van der Waals surface area contributed by atoms with E-state index < -0.39 is 5.97 Å². The molecule has 0 atom stereocenters. The number of carboxylic acids is 1. The van der Waals surface area contributed by atoms with Crippen LogP contribution < -0.4 is 5.56 Å². The fourth-order valence-corrected chi connectivity index (χ4v) is 1.80. The summed E-state index contributed by atoms with van der Waals surface area (Å²) in [5, 5.41) is 18.1. The van der Waals surface area contributed by atoms with Gasteiger partial charge in [-0.15, -0.1) is 0 Å². The lowest BCUT2D eigenvalue weighted by Crippen LogP contribution is -2.19. The molecule has 94 valence electrons. The van der Waals surface area contributed by atoms with Gasteiger partial charge in [0.2, 0.25) is 0 Å². The molecule has 1 N–H and O–H groups in total. The Morgan fingerprint density at radius 3 is 2.68 bits per heavy atom. The Balaban J connectivity index is 2.76. The van der Waals surface area contributed by atoms with Crippen LogP contribution in [0.2, 0.25) is 0 Å². The molecule has 1 heterocycles. The number of rotatable bonds is 2. The molecule has 2 rings (SSSR count). The van der Waals surface area contributed by atoms with Crippen LogP contribution >= 0.6 is 0 Å². The molecule has 0 fully saturated rings. The highest BCUT2D eigenvalue weighted by Crippen LogP contribution is 2.16. The molecule has 0 aliphatic heterocycles. The highest BCUT2D eigenvalue weighted by atomic mass is 16.4. The van der Waals surface area contributed by atoms with Gasteiger partial charge in [0, 0.05) is 12.3 Å². The lowest BCUT2D eigenvalue weighted by atomic mass is 10.1. The summed E-state index contributed by atoms with van der Waals surface area (Å²) in [6, 6.07) is 9.53. The highest BCUT2D eigenvalue weighted by Gasteiger charge is 2.11. The van der Waals surface area contributed by atoms with Crippen molar-refractivity contribution < 1.29 is 9.90 Å². The number of aryl methyl sites for hydroxylation is 1. The minimum atomic E-state index is -1.13. The standard InChI is InChI=1S/C14H10N2O3/c1-9-3-2-4-12(11(9)7-15)16-8-10(14(18)19)5-6-13(16)17/h2-6,8H,1H3,(H,18,19). The second-order valence-corrected chi connectivity index (χ2v) is 4.01. The van der Waals surface area contributed by atoms with Gasteiger partial charge in [0.15, 0.2) is 0 Å². The molecule has 0 saturated carbocycles. The van der Waals surface area contributed by atoms with Crippen LogP contribution in [0.15, 0.2) is 41.3 Å². The zero-order valence-electron chi connectivity index (χ0n) is 10.1. The maximum atomic E-state index is 11.8. The van der Waals surface area contributed by atoms with Crippen LogP contribution in [0.4, 0.5) is 0 Å². The van der Waals surface area contributed by atoms with Gasteiger partial charge in [-0.05, 0) is 24.6 Å². The van der Waals surface area contributed by atoms with Gasteiger partial charge in [0.1, 0.15) is 6.07 Å². The maximum Gasteiger partial charge on any atom is 0.337 e. The van der Waals surface area contributed by atoms with E-state index in [1.165, 1.54) is 22.9 Å². The predicted octanol–water partition coefficient (Wildman–Crippen LogP) is 1.72. The molecule has 1 aromatic heterocycles. The SMILES string of the molecule is Cc1cccc(-n2cc(C(=O)O)ccc2=O)c1C#N. The van der Waals surface area contributed by atoms with E-state index in [-0.39, 0.29) is 11.1 Å². The summed E-state index contributed by atoms with van der Waals surface area (Å²) in [6.45, 7) is 1.76. The highest BCUT2D eigenvalue weighted by molar-refractivity contribution is 5.87. The molecule has 0 aliphatic carbocycles. The number of benzene rings is 1. The summed E-state index contributed by atoms with van der Waals surface area (Å²) in [4.78, 5) is 22.8. The average molecular weight is 254 g/mol. The Kier molecular flexibility index (Phi) is 3.17. The normalized spacial score (nSPS) is 9.89. The van der Waals surface area contributed by atoms with Crippen LogP contribution in [0.25, 0.3) is 5.69 Å². The van der Waals surface area contributed by atoms with Gasteiger partial charge in [-0.3, -0.25) is 9.36 Å². The van der Waals surface area contributed by atoms with E-state index in [2.05, 4.69) is 0 Å². The summed E-state index contributed by atoms with van der Waals surface area (Å²) in [5.74, 6) is -1.13. The predicted molar refractivity (Wildman–Crippen MR) is 68.5 cm³/mol. The Hall–Kier alpha value is -2.87. The summed E-state index contributed by atoms with van der Waals surface area (Å²) < 4.78 is 1.18. The second kappa shape index (κ2) is 4.78. The molecule has 0 amide bonds. The minimum absolute atomic E-state index is 0.00926. The third-order valence-electron chi connectivity index (χ3n) is 2.78. The molecular weight excluding hydrogens is 244 g/mol. The molecule has 0 saturated heterocycles. The summed E-state index contributed by atoms with van der Waals surface area (Å²) in [6.07, 6.45) is 1.22. The molecule has 0 unspecified atom stereocenters. The van der Waals surface area contributed by atoms with E-state index in [1.54, 1.807) is 25.1 Å². The number of carboxylic acid groups (broad SMARTS) is 1. The first-order valence-electron chi connectivity index (χ1n) is 5.50. The number of nitrogens with zero attached hydrogens (tertiary/aromatic N) is 2. The van der Waals surface area contributed by atoms with Crippen LogP contribution in [-0.2, 0) is 0 Å². The molecule has 19 heavy (non-hydrogen) atoms. The fourth-order valence-electron chi connectivity index (χ4n) is 1.80. The van der Waals surface area contributed by atoms with Gasteiger partial charge in [0.05, 0.1) is 16.8 Å². The summed E-state index contributed by atoms with van der Waals surface area (Å²) in [5.41, 5.74) is 1.08. The lowest BCUT2D eigenvalue weighted by molar-refractivity contribution is 0.0696. The molecule has 1 aromatic carbocycles. The van der Waals surface area contributed by atoms with Gasteiger partial charge >= 0.3 is 5.97 Å². The molecule has 0 radical (unpaired) electrons. The number of pyridine rings is 1. The zero-order valence-corrected chi connectivity index (χ0v) is 10.1. The molecule has 2 aromatic rings. The monoisotopic (exact) mass is 254 g/mol. The first-order chi connectivity index (χ1) is 9.04. The number of hydrogen-bond acceptors (Lipinski definition) is 3. The number of aromatic nitrogens is 1. The van der Waals surface area contributed by atoms with Crippen LogP contribution in [0, 0.1) is 18.3 Å². The number of hydrogen-bond donors (Lipinski definition) is 1. The fraction of sp³-hybridized carbons (Fsp3) is 0.0714. The maximum absolute atomic E-state index is 11.8. The van der Waals surface area contributed by atoms with Crippen molar-refractivity contribution in [1.29, 1.82) is 5.26 Å². The molecule has 0 spiro atoms. The zero-order chi connectivity index (χ0) is 14.0. The Morgan fingerprint density at radius 1 is 1.32 bits per heavy atom. The molecule has 5 nitrogen and oxygen atoms in total. The average Bonchev–Trinajstić information content (AvgIpc) is 2.38. The van der Waals surface area contributed by atoms with Crippen molar-refractivity contribution in [3.05, 3.63) is 63.6 Å². The Bertz CT molecular complexity index is 754. The smallest absolute Gasteiger partial charge is 0.337 e. The van der Waals surface area contributed by atoms with Crippen molar-refractivity contribution in [3.63, 3.8) is 0 Å². The van der Waals surface area contributed by atoms with Crippen molar-refractivity contribution in [3.8, 4) is 11.8 Å². The second-order valence-electron chi connectivity index (χ2n) is 4.01. The van der Waals surface area contributed by atoms with Gasteiger partial charge in [0.25, 0.3) is 5.56 Å². The van der Waals surface area contributed by atoms with Crippen LogP contribution in [0.3, 0.4) is 0 Å². The van der Waals surface area contributed by atoms with Gasteiger partial charge < -0.3 is 5.11 Å². The van der Waals surface area contributed by atoms with Crippen molar-refractivity contribution >= 4 is 5.97 Å². The Morgan fingerprint density at radius 2 is 2.05 bits per heavy atom. The third-order valence-corrected chi connectivity index (χ3v) is 2.78. The topological polar surface area (TPSA) is 83.1 Å². The van der Waals surface area contributed by atoms with E-state index in [4.69, 9.17) is 10.4 Å². The van der Waals surface area contributed by atoms with Gasteiger partial charge in [-0.1, -0.05) is 12.1 Å². The molecule has 5 heteroatoms. The van der Waals surface area contributed by atoms with Crippen molar-refractivity contribution in [2.75, 3.05) is 0 Å². The van der Waals surface area contributed by atoms with Crippen LogP contribution in [0.5, 0.6) is 0 Å². The first kappa shape index (κ1) is 12.6. The molecule has 0 bridgehead atoms. The minimum Gasteiger partial charge on any atom is -0.478 e. The van der Waals surface area contributed by atoms with Gasteiger partial charge in [-0.25, -0.2) is 4.79 Å².